The second-order valence-corrected chi connectivity index (χ2v) is 9.40. The molecule has 0 spiro atoms. The van der Waals surface area contributed by atoms with Gasteiger partial charge in [0, 0.05) is 18.0 Å². The first-order valence-corrected chi connectivity index (χ1v) is 11.2. The third kappa shape index (κ3) is 4.60. The molecule has 0 aliphatic carbocycles. The first-order chi connectivity index (χ1) is 14.3. The molecule has 0 saturated carbocycles. The summed E-state index contributed by atoms with van der Waals surface area (Å²) in [5, 5.41) is 3.71. The number of carbonyl (C=O) groups excluding carboxylic acids is 1. The molecule has 2 heterocycles. The number of fused-ring (bicyclic) bond motifs is 1. The lowest BCUT2D eigenvalue weighted by molar-refractivity contribution is -0.120. The van der Waals surface area contributed by atoms with Crippen LogP contribution in [0.5, 0.6) is 5.75 Å². The van der Waals surface area contributed by atoms with Crippen molar-refractivity contribution in [1.82, 2.24) is 14.9 Å². The number of hydrogen-bond donors (Lipinski definition) is 1. The monoisotopic (exact) mass is 443 g/mol. The molecule has 1 atom stereocenters. The fraction of sp³-hybridized carbons (Fsp3) is 0.318. The van der Waals surface area contributed by atoms with Gasteiger partial charge in [0.25, 0.3) is 5.56 Å². The van der Waals surface area contributed by atoms with Gasteiger partial charge in [-0.1, -0.05) is 30.0 Å². The molecule has 0 fully saturated rings. The van der Waals surface area contributed by atoms with Gasteiger partial charge in [0.2, 0.25) is 5.91 Å². The number of hydrogen-bond acceptors (Lipinski definition) is 6. The van der Waals surface area contributed by atoms with Crippen molar-refractivity contribution < 1.29 is 9.53 Å². The molecule has 6 nitrogen and oxygen atoms in total. The maximum absolute atomic E-state index is 13.0. The fourth-order valence-electron chi connectivity index (χ4n) is 2.98. The molecule has 1 amide bonds. The van der Waals surface area contributed by atoms with E-state index in [9.17, 15) is 9.59 Å². The molecular weight excluding hydrogens is 418 g/mol. The highest BCUT2D eigenvalue weighted by molar-refractivity contribution is 8.00. The smallest absolute Gasteiger partial charge is 0.263 e. The van der Waals surface area contributed by atoms with E-state index in [-0.39, 0.29) is 11.5 Å². The van der Waals surface area contributed by atoms with Gasteiger partial charge in [-0.2, -0.15) is 0 Å². The second-order valence-electron chi connectivity index (χ2n) is 6.89. The molecule has 0 bridgehead atoms. The molecule has 3 aromatic rings. The van der Waals surface area contributed by atoms with Crippen LogP contribution in [0.4, 0.5) is 0 Å². The van der Waals surface area contributed by atoms with Crippen LogP contribution in [0, 0.1) is 13.8 Å². The summed E-state index contributed by atoms with van der Waals surface area (Å²) in [5.41, 5.74) is 1.86. The van der Waals surface area contributed by atoms with Crippen LogP contribution in [0.1, 0.15) is 22.9 Å². The minimum Gasteiger partial charge on any atom is -0.497 e. The third-order valence-corrected chi connectivity index (χ3v) is 7.03. The number of aromatic nitrogens is 2. The summed E-state index contributed by atoms with van der Waals surface area (Å²) in [7, 11) is 1.62. The van der Waals surface area contributed by atoms with Gasteiger partial charge < -0.3 is 10.1 Å². The Morgan fingerprint density at radius 2 is 2.07 bits per heavy atom. The van der Waals surface area contributed by atoms with Crippen LogP contribution >= 0.6 is 23.1 Å². The van der Waals surface area contributed by atoms with Crippen LogP contribution in [-0.4, -0.2) is 27.8 Å². The highest BCUT2D eigenvalue weighted by atomic mass is 32.2. The summed E-state index contributed by atoms with van der Waals surface area (Å²) >= 11 is 2.79. The van der Waals surface area contributed by atoms with E-state index >= 15 is 0 Å². The third-order valence-electron chi connectivity index (χ3n) is 4.84. The number of benzene rings is 1. The number of allylic oxidation sites excluding steroid dienone is 1. The molecule has 1 N–H and O–H groups in total. The van der Waals surface area contributed by atoms with Crippen LogP contribution in [0.3, 0.4) is 0 Å². The Kier molecular flexibility index (Phi) is 6.99. The van der Waals surface area contributed by atoms with Crippen LogP contribution < -0.4 is 15.6 Å². The van der Waals surface area contributed by atoms with Crippen molar-refractivity contribution in [3.63, 3.8) is 0 Å². The SMILES string of the molecule is C=CCn1c(S[C@H](C)C(=O)NCc2ccc(OC)cc2)nc2sc(C)c(C)c2c1=O. The number of amides is 1. The maximum Gasteiger partial charge on any atom is 0.263 e. The highest BCUT2D eigenvalue weighted by Gasteiger charge is 2.21. The van der Waals surface area contributed by atoms with Gasteiger partial charge in [-0.05, 0) is 44.0 Å². The van der Waals surface area contributed by atoms with E-state index in [0.717, 1.165) is 21.8 Å². The van der Waals surface area contributed by atoms with Gasteiger partial charge in [-0.15, -0.1) is 17.9 Å². The molecule has 2 aromatic heterocycles. The number of methoxy groups -OCH3 is 1. The van der Waals surface area contributed by atoms with Crippen molar-refractivity contribution in [3.8, 4) is 5.75 Å². The number of nitrogens with zero attached hydrogens (tertiary/aromatic N) is 2. The van der Waals surface area contributed by atoms with Crippen molar-refractivity contribution in [2.45, 2.75) is 44.3 Å². The number of ether oxygens (including phenoxy) is 1. The minimum atomic E-state index is -0.411. The number of thiophene rings is 1. The van der Waals surface area contributed by atoms with E-state index in [0.29, 0.717) is 28.5 Å². The Hall–Kier alpha value is -2.58. The van der Waals surface area contributed by atoms with Gasteiger partial charge in [-0.3, -0.25) is 14.2 Å². The average molecular weight is 444 g/mol. The largest absolute Gasteiger partial charge is 0.497 e. The minimum absolute atomic E-state index is 0.0879. The Morgan fingerprint density at radius 3 is 2.70 bits per heavy atom. The number of thioether (sulfide) groups is 1. The van der Waals surface area contributed by atoms with Gasteiger partial charge in [0.15, 0.2) is 5.16 Å². The Balaban J connectivity index is 1.78. The zero-order chi connectivity index (χ0) is 21.8. The molecule has 0 saturated heterocycles. The summed E-state index contributed by atoms with van der Waals surface area (Å²) in [6.45, 7) is 10.3. The molecule has 0 unspecified atom stereocenters. The Labute approximate surface area is 184 Å². The number of nitrogens with one attached hydrogen (secondary N) is 1. The first-order valence-electron chi connectivity index (χ1n) is 9.54. The molecular formula is C22H25N3O3S2. The number of carbonyl (C=O) groups is 1. The molecule has 0 aliphatic heterocycles. The Bertz CT molecular complexity index is 1130. The van der Waals surface area contributed by atoms with E-state index < -0.39 is 5.25 Å². The summed E-state index contributed by atoms with van der Waals surface area (Å²) in [6.07, 6.45) is 1.67. The van der Waals surface area contributed by atoms with Crippen molar-refractivity contribution in [1.29, 1.82) is 0 Å². The lowest BCUT2D eigenvalue weighted by Crippen LogP contribution is -2.31. The van der Waals surface area contributed by atoms with Crippen LogP contribution in [0.15, 0.2) is 46.9 Å². The summed E-state index contributed by atoms with van der Waals surface area (Å²) in [4.78, 5) is 32.2. The van der Waals surface area contributed by atoms with Crippen LogP contribution in [0.2, 0.25) is 0 Å². The standard InChI is InChI=1S/C22H25N3O3S2/c1-6-11-25-21(27)18-13(2)14(3)29-20(18)24-22(25)30-15(4)19(26)23-12-16-7-9-17(28-5)10-8-16/h6-10,15H,1,11-12H2,2-5H3,(H,23,26)/t15-/m1/s1. The van der Waals surface area contributed by atoms with E-state index in [1.807, 2.05) is 45.0 Å². The summed E-state index contributed by atoms with van der Waals surface area (Å²) in [5.74, 6) is 0.656. The van der Waals surface area contributed by atoms with Gasteiger partial charge >= 0.3 is 0 Å². The molecule has 8 heteroatoms. The molecule has 30 heavy (non-hydrogen) atoms. The molecule has 0 radical (unpaired) electrons. The average Bonchev–Trinajstić information content (AvgIpc) is 3.02. The van der Waals surface area contributed by atoms with Crippen LogP contribution in [0.25, 0.3) is 10.2 Å². The maximum atomic E-state index is 13.0. The lowest BCUT2D eigenvalue weighted by atomic mass is 10.2. The lowest BCUT2D eigenvalue weighted by Gasteiger charge is -2.15. The van der Waals surface area contributed by atoms with Gasteiger partial charge in [-0.25, -0.2) is 4.98 Å². The first kappa shape index (κ1) is 22.1. The predicted octanol–water partition coefficient (Wildman–Crippen LogP) is 4.07. The predicted molar refractivity (Wildman–Crippen MR) is 124 cm³/mol. The fourth-order valence-corrected chi connectivity index (χ4v) is 4.99. The number of aryl methyl sites for hydroxylation is 2. The van der Waals surface area contributed by atoms with Crippen molar-refractivity contribution in [2.24, 2.45) is 0 Å². The topological polar surface area (TPSA) is 73.2 Å². The molecule has 3 rings (SSSR count). The van der Waals surface area contributed by atoms with Crippen molar-refractivity contribution in [3.05, 3.63) is 63.3 Å². The summed E-state index contributed by atoms with van der Waals surface area (Å²) in [6, 6.07) is 7.54. The van der Waals surface area contributed by atoms with E-state index in [1.54, 1.807) is 17.8 Å². The molecule has 1 aromatic carbocycles. The number of rotatable bonds is 8. The van der Waals surface area contributed by atoms with E-state index in [4.69, 9.17) is 9.72 Å². The van der Waals surface area contributed by atoms with E-state index in [2.05, 4.69) is 11.9 Å². The normalized spacial score (nSPS) is 12.0. The zero-order valence-electron chi connectivity index (χ0n) is 17.5. The molecule has 158 valence electrons. The van der Waals surface area contributed by atoms with Gasteiger partial charge in [0.1, 0.15) is 10.6 Å². The Morgan fingerprint density at radius 1 is 1.37 bits per heavy atom. The van der Waals surface area contributed by atoms with Gasteiger partial charge in [0.05, 0.1) is 17.7 Å². The zero-order valence-corrected chi connectivity index (χ0v) is 19.2. The van der Waals surface area contributed by atoms with Crippen molar-refractivity contribution in [2.75, 3.05) is 7.11 Å². The summed E-state index contributed by atoms with van der Waals surface area (Å²) < 4.78 is 6.74. The van der Waals surface area contributed by atoms with Crippen molar-refractivity contribution >= 4 is 39.2 Å². The van der Waals surface area contributed by atoms with E-state index in [1.165, 1.54) is 23.1 Å². The highest BCUT2D eigenvalue weighted by Crippen LogP contribution is 2.29. The second kappa shape index (κ2) is 9.49. The molecule has 0 aliphatic rings. The van der Waals surface area contributed by atoms with Crippen LogP contribution in [-0.2, 0) is 17.9 Å². The quantitative estimate of drug-likeness (QED) is 0.323.